The van der Waals surface area contributed by atoms with E-state index in [0.717, 1.165) is 25.7 Å². The lowest BCUT2D eigenvalue weighted by atomic mass is 9.51. The Morgan fingerprint density at radius 3 is 2.35 bits per heavy atom. The van der Waals surface area contributed by atoms with E-state index in [1.807, 2.05) is 13.8 Å². The van der Waals surface area contributed by atoms with Crippen LogP contribution in [-0.2, 0) is 0 Å². The van der Waals surface area contributed by atoms with Gasteiger partial charge in [0.15, 0.2) is 0 Å². The summed E-state index contributed by atoms with van der Waals surface area (Å²) < 4.78 is 0. The molecule has 0 saturated heterocycles. The molecule has 20 heavy (non-hydrogen) atoms. The van der Waals surface area contributed by atoms with E-state index in [9.17, 15) is 15.2 Å². The Bertz CT molecular complexity index is 243. The molecule has 120 valence electrons. The van der Waals surface area contributed by atoms with Gasteiger partial charge in [-0.25, -0.2) is 0 Å². The first-order chi connectivity index (χ1) is 9.38. The van der Waals surface area contributed by atoms with Gasteiger partial charge in [-0.15, -0.1) is 0 Å². The highest BCUT2D eigenvalue weighted by molar-refractivity contribution is 6.45. The average molecular weight is 289 g/mol. The van der Waals surface area contributed by atoms with Crippen molar-refractivity contribution in [3.8, 4) is 0 Å². The first-order valence-corrected chi connectivity index (χ1v) is 7.76. The first-order valence-electron chi connectivity index (χ1n) is 7.76. The molecule has 0 aliphatic carbocycles. The standard InChI is InChI=1S/C14H32BNO4/c1-4-5-6-7-9-14(3,15(19)20)12(2)11-16-13(18)8-10-17/h12-13,16-20H,4-11H2,1-3H3. The normalized spacial score (nSPS) is 17.6. The number of unbranched alkanes of at least 4 members (excludes halogenated alkanes) is 3. The molecule has 0 saturated carbocycles. The average Bonchev–Trinajstić information content (AvgIpc) is 2.40. The Morgan fingerprint density at radius 1 is 1.20 bits per heavy atom. The van der Waals surface area contributed by atoms with Crippen LogP contribution in [-0.4, -0.2) is 46.8 Å². The van der Waals surface area contributed by atoms with E-state index >= 15 is 0 Å². The predicted molar refractivity (Wildman–Crippen MR) is 82.2 cm³/mol. The molecule has 0 aromatic carbocycles. The monoisotopic (exact) mass is 289 g/mol. The molecule has 0 amide bonds. The number of aliphatic hydroxyl groups excluding tert-OH is 2. The number of nitrogens with one attached hydrogen (secondary N) is 1. The first kappa shape index (κ1) is 19.9. The lowest BCUT2D eigenvalue weighted by Gasteiger charge is -2.35. The van der Waals surface area contributed by atoms with Gasteiger partial charge in [0.1, 0.15) is 6.23 Å². The van der Waals surface area contributed by atoms with E-state index in [4.69, 9.17) is 5.11 Å². The Labute approximate surface area is 123 Å². The van der Waals surface area contributed by atoms with Crippen molar-refractivity contribution in [3.63, 3.8) is 0 Å². The molecule has 6 heteroatoms. The van der Waals surface area contributed by atoms with Gasteiger partial charge in [-0.05, 0) is 12.3 Å². The van der Waals surface area contributed by atoms with E-state index < -0.39 is 18.7 Å². The summed E-state index contributed by atoms with van der Waals surface area (Å²) in [5, 5.41) is 40.0. The van der Waals surface area contributed by atoms with Crippen LogP contribution in [0.25, 0.3) is 0 Å². The lowest BCUT2D eigenvalue weighted by molar-refractivity contribution is 0.0945. The third-order valence-electron chi connectivity index (χ3n) is 4.35. The molecule has 0 heterocycles. The molecule has 0 rings (SSSR count). The highest BCUT2D eigenvalue weighted by atomic mass is 16.4. The highest BCUT2D eigenvalue weighted by Crippen LogP contribution is 2.41. The van der Waals surface area contributed by atoms with Crippen LogP contribution in [0.1, 0.15) is 59.3 Å². The summed E-state index contributed by atoms with van der Waals surface area (Å²) in [6, 6.07) is 0. The smallest absolute Gasteiger partial charge is 0.427 e. The van der Waals surface area contributed by atoms with Crippen LogP contribution >= 0.6 is 0 Å². The van der Waals surface area contributed by atoms with Crippen molar-refractivity contribution in [1.82, 2.24) is 5.32 Å². The summed E-state index contributed by atoms with van der Waals surface area (Å²) in [5.41, 5.74) is 0. The summed E-state index contributed by atoms with van der Waals surface area (Å²) >= 11 is 0. The topological polar surface area (TPSA) is 93.0 Å². The zero-order valence-corrected chi connectivity index (χ0v) is 13.2. The summed E-state index contributed by atoms with van der Waals surface area (Å²) in [7, 11) is -1.36. The van der Waals surface area contributed by atoms with Gasteiger partial charge in [-0.3, -0.25) is 5.32 Å². The third kappa shape index (κ3) is 7.04. The number of hydrogen-bond acceptors (Lipinski definition) is 5. The summed E-state index contributed by atoms with van der Waals surface area (Å²) in [6.07, 6.45) is 4.69. The minimum atomic E-state index is -1.36. The maximum atomic E-state index is 9.69. The maximum Gasteiger partial charge on any atom is 0.458 e. The molecule has 0 aliphatic rings. The van der Waals surface area contributed by atoms with Gasteiger partial charge in [0.05, 0.1) is 0 Å². The molecule has 0 aliphatic heterocycles. The highest BCUT2D eigenvalue weighted by Gasteiger charge is 2.41. The van der Waals surface area contributed by atoms with Gasteiger partial charge in [-0.1, -0.05) is 46.5 Å². The van der Waals surface area contributed by atoms with Crippen molar-refractivity contribution in [2.45, 2.75) is 70.8 Å². The van der Waals surface area contributed by atoms with Crippen molar-refractivity contribution in [3.05, 3.63) is 0 Å². The molecular weight excluding hydrogens is 257 g/mol. The van der Waals surface area contributed by atoms with E-state index in [2.05, 4.69) is 12.2 Å². The maximum absolute atomic E-state index is 9.69. The van der Waals surface area contributed by atoms with Crippen LogP contribution in [0.4, 0.5) is 0 Å². The fourth-order valence-corrected chi connectivity index (χ4v) is 2.33. The SMILES string of the molecule is CCCCCCC(C)(B(O)O)C(C)CNC(O)CCO. The largest absolute Gasteiger partial charge is 0.458 e. The molecule has 0 bridgehead atoms. The molecule has 5 N–H and O–H groups in total. The Morgan fingerprint density at radius 2 is 1.85 bits per heavy atom. The van der Waals surface area contributed by atoms with Gasteiger partial charge < -0.3 is 20.3 Å². The second kappa shape index (κ2) is 10.6. The second-order valence-electron chi connectivity index (χ2n) is 6.03. The molecular formula is C14H32BNO4. The second-order valence-corrected chi connectivity index (χ2v) is 6.03. The van der Waals surface area contributed by atoms with Crippen LogP contribution in [0.2, 0.25) is 5.31 Å². The fraction of sp³-hybridized carbons (Fsp3) is 1.00. The molecule has 3 unspecified atom stereocenters. The van der Waals surface area contributed by atoms with Crippen LogP contribution in [0.5, 0.6) is 0 Å². The van der Waals surface area contributed by atoms with Crippen LogP contribution < -0.4 is 5.32 Å². The summed E-state index contributed by atoms with van der Waals surface area (Å²) in [5.74, 6) is 0.0115. The van der Waals surface area contributed by atoms with Crippen LogP contribution in [0.15, 0.2) is 0 Å². The minimum Gasteiger partial charge on any atom is -0.427 e. The van der Waals surface area contributed by atoms with E-state index in [1.165, 1.54) is 6.42 Å². The lowest BCUT2D eigenvalue weighted by Crippen LogP contribution is -2.42. The quantitative estimate of drug-likeness (QED) is 0.211. The Balaban J connectivity index is 4.32. The Kier molecular flexibility index (Phi) is 10.5. The zero-order valence-electron chi connectivity index (χ0n) is 13.2. The number of rotatable bonds is 12. The third-order valence-corrected chi connectivity index (χ3v) is 4.35. The fourth-order valence-electron chi connectivity index (χ4n) is 2.33. The Hall–Kier alpha value is -0.135. The van der Waals surface area contributed by atoms with Crippen molar-refractivity contribution < 1.29 is 20.3 Å². The number of hydrogen-bond donors (Lipinski definition) is 5. The summed E-state index contributed by atoms with van der Waals surface area (Å²) in [6.45, 7) is 6.41. The molecule has 0 spiro atoms. The molecule has 0 radical (unpaired) electrons. The van der Waals surface area contributed by atoms with Crippen LogP contribution in [0.3, 0.4) is 0 Å². The van der Waals surface area contributed by atoms with E-state index in [-0.39, 0.29) is 18.9 Å². The molecule has 0 aromatic heterocycles. The predicted octanol–water partition coefficient (Wildman–Crippen LogP) is 1.12. The van der Waals surface area contributed by atoms with Gasteiger partial charge in [0.2, 0.25) is 0 Å². The molecule has 5 nitrogen and oxygen atoms in total. The number of aliphatic hydroxyl groups is 2. The van der Waals surface area contributed by atoms with Crippen molar-refractivity contribution in [1.29, 1.82) is 0 Å². The van der Waals surface area contributed by atoms with Gasteiger partial charge >= 0.3 is 7.12 Å². The van der Waals surface area contributed by atoms with Gasteiger partial charge in [-0.2, -0.15) is 0 Å². The van der Waals surface area contributed by atoms with Crippen molar-refractivity contribution in [2.24, 2.45) is 5.92 Å². The molecule has 3 atom stereocenters. The van der Waals surface area contributed by atoms with Gasteiger partial charge in [0.25, 0.3) is 0 Å². The van der Waals surface area contributed by atoms with E-state index in [0.29, 0.717) is 6.54 Å². The van der Waals surface area contributed by atoms with E-state index in [1.54, 1.807) is 0 Å². The van der Waals surface area contributed by atoms with Crippen LogP contribution in [0, 0.1) is 5.92 Å². The van der Waals surface area contributed by atoms with Crippen molar-refractivity contribution >= 4 is 7.12 Å². The molecule has 0 fully saturated rings. The van der Waals surface area contributed by atoms with Gasteiger partial charge in [0, 0.05) is 24.9 Å². The minimum absolute atomic E-state index is 0.0115. The zero-order chi connectivity index (χ0) is 15.6. The summed E-state index contributed by atoms with van der Waals surface area (Å²) in [4.78, 5) is 0. The molecule has 0 aromatic rings. The van der Waals surface area contributed by atoms with Crippen molar-refractivity contribution in [2.75, 3.05) is 13.2 Å².